The maximum Gasteiger partial charge on any atom is 0.153 e. The fraction of sp³-hybridized carbons (Fsp3) is 0.188. The van der Waals surface area contributed by atoms with Crippen LogP contribution in [-0.4, -0.2) is 12.9 Å². The number of hydrogen-bond donors (Lipinski definition) is 0. The Kier molecular flexibility index (Phi) is 5.02. The second-order valence-electron chi connectivity index (χ2n) is 4.22. The molecule has 2 aromatic carbocycles. The predicted octanol–water partition coefficient (Wildman–Crippen LogP) is 4.73. The summed E-state index contributed by atoms with van der Waals surface area (Å²) in [4.78, 5) is 11.0. The lowest BCUT2D eigenvalue weighted by atomic mass is 10.2. The lowest BCUT2D eigenvalue weighted by molar-refractivity contribution is 0.112. The van der Waals surface area contributed by atoms with Gasteiger partial charge in [0.2, 0.25) is 0 Å². The third-order valence-electron chi connectivity index (χ3n) is 2.63. The summed E-state index contributed by atoms with van der Waals surface area (Å²) >= 11 is 5.91. The van der Waals surface area contributed by atoms with Gasteiger partial charge in [-0.1, -0.05) is 18.5 Å². The van der Waals surface area contributed by atoms with Crippen LogP contribution in [0, 0.1) is 0 Å². The molecule has 0 N–H and O–H groups in total. The van der Waals surface area contributed by atoms with Crippen LogP contribution in [0.1, 0.15) is 23.7 Å². The molecule has 4 heteroatoms. The Balaban J connectivity index is 2.13. The normalized spacial score (nSPS) is 10.1. The average molecular weight is 291 g/mol. The first-order valence-corrected chi connectivity index (χ1v) is 6.76. The van der Waals surface area contributed by atoms with Crippen molar-refractivity contribution in [2.75, 3.05) is 6.61 Å². The maximum atomic E-state index is 11.0. The van der Waals surface area contributed by atoms with Gasteiger partial charge in [-0.2, -0.15) is 0 Å². The van der Waals surface area contributed by atoms with Crippen molar-refractivity contribution in [2.24, 2.45) is 0 Å². The Morgan fingerprint density at radius 3 is 2.45 bits per heavy atom. The van der Waals surface area contributed by atoms with Crippen LogP contribution in [-0.2, 0) is 0 Å². The summed E-state index contributed by atoms with van der Waals surface area (Å²) in [6.45, 7) is 2.74. The van der Waals surface area contributed by atoms with Crippen molar-refractivity contribution in [3.63, 3.8) is 0 Å². The van der Waals surface area contributed by atoms with E-state index in [1.165, 1.54) is 0 Å². The molecule has 104 valence electrons. The molecule has 0 aromatic heterocycles. The summed E-state index contributed by atoms with van der Waals surface area (Å²) in [6.07, 6.45) is 1.70. The van der Waals surface area contributed by atoms with E-state index in [9.17, 15) is 4.79 Å². The van der Waals surface area contributed by atoms with Crippen molar-refractivity contribution in [1.29, 1.82) is 0 Å². The molecule has 0 saturated heterocycles. The minimum absolute atomic E-state index is 0.440. The zero-order valence-corrected chi connectivity index (χ0v) is 11.9. The van der Waals surface area contributed by atoms with Crippen LogP contribution in [0.25, 0.3) is 0 Å². The Labute approximate surface area is 123 Å². The van der Waals surface area contributed by atoms with Gasteiger partial charge < -0.3 is 9.47 Å². The van der Waals surface area contributed by atoms with E-state index in [2.05, 4.69) is 6.92 Å². The highest BCUT2D eigenvalue weighted by Gasteiger charge is 2.05. The molecule has 0 saturated carbocycles. The second-order valence-corrected chi connectivity index (χ2v) is 4.66. The smallest absolute Gasteiger partial charge is 0.153 e. The van der Waals surface area contributed by atoms with Crippen molar-refractivity contribution in [3.05, 3.63) is 53.1 Å². The highest BCUT2D eigenvalue weighted by atomic mass is 35.5. The monoisotopic (exact) mass is 290 g/mol. The van der Waals surface area contributed by atoms with Crippen LogP contribution in [0.4, 0.5) is 0 Å². The average Bonchev–Trinajstić information content (AvgIpc) is 2.47. The Morgan fingerprint density at radius 1 is 1.10 bits per heavy atom. The van der Waals surface area contributed by atoms with E-state index in [-0.39, 0.29) is 0 Å². The number of rotatable bonds is 6. The van der Waals surface area contributed by atoms with Crippen molar-refractivity contribution in [1.82, 2.24) is 0 Å². The van der Waals surface area contributed by atoms with E-state index in [4.69, 9.17) is 21.1 Å². The van der Waals surface area contributed by atoms with Crippen molar-refractivity contribution in [2.45, 2.75) is 13.3 Å². The maximum absolute atomic E-state index is 11.0. The highest BCUT2D eigenvalue weighted by molar-refractivity contribution is 6.30. The molecule has 0 amide bonds. The van der Waals surface area contributed by atoms with Gasteiger partial charge >= 0.3 is 0 Å². The summed E-state index contributed by atoms with van der Waals surface area (Å²) in [7, 11) is 0. The summed E-state index contributed by atoms with van der Waals surface area (Å²) in [5.41, 5.74) is 0.459. The van der Waals surface area contributed by atoms with Crippen molar-refractivity contribution >= 4 is 17.9 Å². The number of aldehydes is 1. The molecule has 2 rings (SSSR count). The molecule has 0 fully saturated rings. The molecule has 0 heterocycles. The van der Waals surface area contributed by atoms with Gasteiger partial charge in [0, 0.05) is 11.1 Å². The Bertz CT molecular complexity index is 579. The number of ether oxygens (including phenoxy) is 2. The zero-order valence-electron chi connectivity index (χ0n) is 11.1. The third-order valence-corrected chi connectivity index (χ3v) is 2.86. The van der Waals surface area contributed by atoms with Crippen LogP contribution < -0.4 is 9.47 Å². The van der Waals surface area contributed by atoms with Gasteiger partial charge in [0.25, 0.3) is 0 Å². The predicted molar refractivity (Wildman–Crippen MR) is 79.1 cm³/mol. The third kappa shape index (κ3) is 3.75. The van der Waals surface area contributed by atoms with Crippen LogP contribution >= 0.6 is 11.6 Å². The van der Waals surface area contributed by atoms with Crippen LogP contribution in [0.5, 0.6) is 17.2 Å². The Morgan fingerprint density at radius 2 is 1.80 bits per heavy atom. The number of carbonyl (C=O) groups is 1. The van der Waals surface area contributed by atoms with E-state index in [0.717, 1.165) is 18.5 Å². The minimum Gasteiger partial charge on any atom is -0.494 e. The van der Waals surface area contributed by atoms with Gasteiger partial charge in [0.1, 0.15) is 17.2 Å². The van der Waals surface area contributed by atoms with Gasteiger partial charge in [-0.05, 0) is 42.8 Å². The van der Waals surface area contributed by atoms with Gasteiger partial charge in [0.15, 0.2) is 6.29 Å². The standard InChI is InChI=1S/C16H15ClO3/c1-2-9-19-14-5-7-15(8-6-14)20-16-10-13(17)4-3-12(16)11-18/h3-8,10-11H,2,9H2,1H3. The van der Waals surface area contributed by atoms with E-state index in [1.807, 2.05) is 12.1 Å². The number of carbonyl (C=O) groups excluding carboxylic acids is 1. The molecule has 20 heavy (non-hydrogen) atoms. The number of benzene rings is 2. The lowest BCUT2D eigenvalue weighted by Crippen LogP contribution is -1.95. The summed E-state index contributed by atoms with van der Waals surface area (Å²) in [6, 6.07) is 12.1. The molecule has 0 spiro atoms. The second kappa shape index (κ2) is 6.96. The molecule has 0 unspecified atom stereocenters. The Hall–Kier alpha value is -2.00. The largest absolute Gasteiger partial charge is 0.494 e. The van der Waals surface area contributed by atoms with E-state index in [0.29, 0.717) is 28.7 Å². The molecule has 0 aliphatic rings. The van der Waals surface area contributed by atoms with E-state index >= 15 is 0 Å². The van der Waals surface area contributed by atoms with Gasteiger partial charge in [0.05, 0.1) is 12.2 Å². The van der Waals surface area contributed by atoms with Gasteiger partial charge in [-0.3, -0.25) is 4.79 Å². The van der Waals surface area contributed by atoms with Crippen LogP contribution in [0.3, 0.4) is 0 Å². The SMILES string of the molecule is CCCOc1ccc(Oc2cc(Cl)ccc2C=O)cc1. The molecule has 0 aliphatic carbocycles. The fourth-order valence-electron chi connectivity index (χ4n) is 1.64. The number of halogens is 1. The first-order chi connectivity index (χ1) is 9.72. The molecular formula is C16H15ClO3. The van der Waals surface area contributed by atoms with Gasteiger partial charge in [-0.25, -0.2) is 0 Å². The van der Waals surface area contributed by atoms with Crippen LogP contribution in [0.2, 0.25) is 5.02 Å². The summed E-state index contributed by atoms with van der Waals surface area (Å²) in [5.74, 6) is 1.86. The zero-order chi connectivity index (χ0) is 14.4. The first-order valence-electron chi connectivity index (χ1n) is 6.38. The molecule has 0 bridgehead atoms. The molecule has 2 aromatic rings. The molecule has 3 nitrogen and oxygen atoms in total. The van der Waals surface area contributed by atoms with E-state index < -0.39 is 0 Å². The summed E-state index contributed by atoms with van der Waals surface area (Å²) in [5, 5.41) is 0.522. The summed E-state index contributed by atoms with van der Waals surface area (Å²) < 4.78 is 11.2. The highest BCUT2D eigenvalue weighted by Crippen LogP contribution is 2.28. The fourth-order valence-corrected chi connectivity index (χ4v) is 1.81. The van der Waals surface area contributed by atoms with Crippen LogP contribution in [0.15, 0.2) is 42.5 Å². The molecule has 0 radical (unpaired) electrons. The quantitative estimate of drug-likeness (QED) is 0.721. The minimum atomic E-state index is 0.440. The lowest BCUT2D eigenvalue weighted by Gasteiger charge is -2.09. The van der Waals surface area contributed by atoms with Crippen molar-refractivity contribution in [3.8, 4) is 17.2 Å². The topological polar surface area (TPSA) is 35.5 Å². The molecule has 0 aliphatic heterocycles. The molecule has 0 atom stereocenters. The number of hydrogen-bond acceptors (Lipinski definition) is 3. The molecular weight excluding hydrogens is 276 g/mol. The first kappa shape index (κ1) is 14.4. The van der Waals surface area contributed by atoms with Crippen molar-refractivity contribution < 1.29 is 14.3 Å². The van der Waals surface area contributed by atoms with E-state index in [1.54, 1.807) is 30.3 Å². The van der Waals surface area contributed by atoms with Gasteiger partial charge in [-0.15, -0.1) is 0 Å².